The lowest BCUT2D eigenvalue weighted by Crippen LogP contribution is -2.36. The SMILES string of the molecule is CS(=O)Cc1cccc(C(=O)NCC(C)(C)c2ccc3c(c2)OCO3)c1. The molecular formula is C20H23NO4S. The molecule has 0 saturated carbocycles. The Bertz CT molecular complexity index is 847. The van der Waals surface area contributed by atoms with Crippen LogP contribution in [0.25, 0.3) is 0 Å². The number of ether oxygens (including phenoxy) is 2. The zero-order valence-corrected chi connectivity index (χ0v) is 16.0. The second-order valence-corrected chi connectivity index (χ2v) is 8.49. The Morgan fingerprint density at radius 1 is 1.15 bits per heavy atom. The maximum atomic E-state index is 12.5. The highest BCUT2D eigenvalue weighted by Crippen LogP contribution is 2.36. The van der Waals surface area contributed by atoms with E-state index in [0.717, 1.165) is 22.6 Å². The molecule has 0 bridgehead atoms. The predicted octanol–water partition coefficient (Wildman–Crippen LogP) is 3.00. The standard InChI is InChI=1S/C20H23NO4S/c1-20(2,16-7-8-17-18(10-16)25-13-24-17)12-21-19(22)15-6-4-5-14(9-15)11-26(3)23/h4-10H,11-13H2,1-3H3,(H,21,22). The number of fused-ring (bicyclic) bond motifs is 1. The number of hydrogen-bond acceptors (Lipinski definition) is 4. The summed E-state index contributed by atoms with van der Waals surface area (Å²) in [5.41, 5.74) is 2.28. The number of carbonyl (C=O) groups excluding carboxylic acids is 1. The van der Waals surface area contributed by atoms with Crippen LogP contribution in [0.1, 0.15) is 35.3 Å². The van der Waals surface area contributed by atoms with Crippen LogP contribution >= 0.6 is 0 Å². The largest absolute Gasteiger partial charge is 0.454 e. The van der Waals surface area contributed by atoms with Crippen molar-refractivity contribution in [2.75, 3.05) is 19.6 Å². The van der Waals surface area contributed by atoms with Crippen LogP contribution in [0.2, 0.25) is 0 Å². The van der Waals surface area contributed by atoms with E-state index in [0.29, 0.717) is 17.9 Å². The quantitative estimate of drug-likeness (QED) is 0.845. The van der Waals surface area contributed by atoms with Gasteiger partial charge in [0.1, 0.15) is 0 Å². The summed E-state index contributed by atoms with van der Waals surface area (Å²) in [4.78, 5) is 12.5. The fraction of sp³-hybridized carbons (Fsp3) is 0.350. The summed E-state index contributed by atoms with van der Waals surface area (Å²) in [7, 11) is -0.935. The Kier molecular flexibility index (Phi) is 5.32. The third-order valence-electron chi connectivity index (χ3n) is 4.40. The molecule has 1 atom stereocenters. The lowest BCUT2D eigenvalue weighted by Gasteiger charge is -2.26. The van der Waals surface area contributed by atoms with E-state index in [2.05, 4.69) is 19.2 Å². The topological polar surface area (TPSA) is 64.6 Å². The smallest absolute Gasteiger partial charge is 0.251 e. The normalized spacial score (nSPS) is 14.1. The molecule has 0 aromatic heterocycles. The Balaban J connectivity index is 1.67. The fourth-order valence-corrected chi connectivity index (χ4v) is 3.51. The van der Waals surface area contributed by atoms with E-state index in [1.54, 1.807) is 18.4 Å². The van der Waals surface area contributed by atoms with Crippen molar-refractivity contribution in [2.45, 2.75) is 25.0 Å². The van der Waals surface area contributed by atoms with Crippen LogP contribution in [-0.4, -0.2) is 29.7 Å². The van der Waals surface area contributed by atoms with Crippen molar-refractivity contribution in [1.29, 1.82) is 0 Å². The van der Waals surface area contributed by atoms with Gasteiger partial charge in [-0.15, -0.1) is 0 Å². The Morgan fingerprint density at radius 3 is 2.69 bits per heavy atom. The Morgan fingerprint density at radius 2 is 1.92 bits per heavy atom. The molecule has 0 spiro atoms. The minimum absolute atomic E-state index is 0.137. The second-order valence-electron chi connectivity index (χ2n) is 7.05. The molecule has 1 N–H and O–H groups in total. The van der Waals surface area contributed by atoms with Gasteiger partial charge in [-0.2, -0.15) is 0 Å². The minimum Gasteiger partial charge on any atom is -0.454 e. The van der Waals surface area contributed by atoms with Gasteiger partial charge < -0.3 is 14.8 Å². The van der Waals surface area contributed by atoms with Crippen LogP contribution in [0.4, 0.5) is 0 Å². The monoisotopic (exact) mass is 373 g/mol. The van der Waals surface area contributed by atoms with Gasteiger partial charge in [0, 0.05) is 40.3 Å². The van der Waals surface area contributed by atoms with Crippen LogP contribution in [-0.2, 0) is 22.0 Å². The first-order valence-electron chi connectivity index (χ1n) is 8.42. The van der Waals surface area contributed by atoms with Crippen molar-refractivity contribution in [2.24, 2.45) is 0 Å². The third-order valence-corrected chi connectivity index (χ3v) is 5.14. The lowest BCUT2D eigenvalue weighted by molar-refractivity contribution is 0.0945. The van der Waals surface area contributed by atoms with E-state index >= 15 is 0 Å². The lowest BCUT2D eigenvalue weighted by atomic mass is 9.84. The summed E-state index contributed by atoms with van der Waals surface area (Å²) in [6.45, 7) is 4.87. The molecule has 1 unspecified atom stereocenters. The molecule has 138 valence electrons. The third kappa shape index (κ3) is 4.25. The van der Waals surface area contributed by atoms with Crippen LogP contribution in [0.5, 0.6) is 11.5 Å². The fourth-order valence-electron chi connectivity index (χ4n) is 2.86. The number of hydrogen-bond donors (Lipinski definition) is 1. The minimum atomic E-state index is -0.935. The molecule has 1 amide bonds. The van der Waals surface area contributed by atoms with Crippen molar-refractivity contribution >= 4 is 16.7 Å². The number of nitrogens with one attached hydrogen (secondary N) is 1. The van der Waals surface area contributed by atoms with Gasteiger partial charge in [0.15, 0.2) is 11.5 Å². The van der Waals surface area contributed by atoms with E-state index in [9.17, 15) is 9.00 Å². The summed E-state index contributed by atoms with van der Waals surface area (Å²) < 4.78 is 22.2. The van der Waals surface area contributed by atoms with Gasteiger partial charge in [-0.1, -0.05) is 32.0 Å². The zero-order chi connectivity index (χ0) is 18.7. The van der Waals surface area contributed by atoms with Crippen molar-refractivity contribution in [3.05, 3.63) is 59.2 Å². The molecule has 0 fully saturated rings. The second kappa shape index (κ2) is 7.50. The van der Waals surface area contributed by atoms with Crippen molar-refractivity contribution in [3.8, 4) is 11.5 Å². The zero-order valence-electron chi connectivity index (χ0n) is 15.2. The van der Waals surface area contributed by atoms with Crippen LogP contribution in [0.3, 0.4) is 0 Å². The number of amides is 1. The number of carbonyl (C=O) groups is 1. The first-order valence-corrected chi connectivity index (χ1v) is 10.2. The molecule has 0 aliphatic carbocycles. The van der Waals surface area contributed by atoms with Crippen molar-refractivity contribution in [3.63, 3.8) is 0 Å². The average Bonchev–Trinajstić information content (AvgIpc) is 3.07. The van der Waals surface area contributed by atoms with E-state index in [1.165, 1.54) is 0 Å². The molecule has 5 nitrogen and oxygen atoms in total. The van der Waals surface area contributed by atoms with Gasteiger partial charge >= 0.3 is 0 Å². The van der Waals surface area contributed by atoms with E-state index in [-0.39, 0.29) is 18.1 Å². The first kappa shape index (κ1) is 18.5. The van der Waals surface area contributed by atoms with Crippen LogP contribution in [0, 0.1) is 0 Å². The molecular weight excluding hydrogens is 350 g/mol. The summed E-state index contributed by atoms with van der Waals surface area (Å²) in [6.07, 6.45) is 1.65. The highest BCUT2D eigenvalue weighted by molar-refractivity contribution is 7.83. The van der Waals surface area contributed by atoms with E-state index in [1.807, 2.05) is 30.3 Å². The first-order chi connectivity index (χ1) is 12.3. The highest BCUT2D eigenvalue weighted by atomic mass is 32.2. The van der Waals surface area contributed by atoms with Crippen molar-refractivity contribution in [1.82, 2.24) is 5.32 Å². The molecule has 1 aliphatic rings. The predicted molar refractivity (Wildman–Crippen MR) is 102 cm³/mol. The average molecular weight is 373 g/mol. The molecule has 2 aromatic rings. The van der Waals surface area contributed by atoms with Crippen LogP contribution in [0.15, 0.2) is 42.5 Å². The summed E-state index contributed by atoms with van der Waals surface area (Å²) in [6, 6.07) is 13.1. The van der Waals surface area contributed by atoms with Gasteiger partial charge in [-0.3, -0.25) is 9.00 Å². The summed E-state index contributed by atoms with van der Waals surface area (Å²) >= 11 is 0. The molecule has 1 aliphatic heterocycles. The maximum absolute atomic E-state index is 12.5. The number of benzene rings is 2. The van der Waals surface area contributed by atoms with Gasteiger partial charge in [-0.25, -0.2) is 0 Å². The van der Waals surface area contributed by atoms with E-state index in [4.69, 9.17) is 9.47 Å². The molecule has 3 rings (SSSR count). The van der Waals surface area contributed by atoms with Gasteiger partial charge in [0.05, 0.1) is 0 Å². The van der Waals surface area contributed by atoms with Gasteiger partial charge in [0.2, 0.25) is 6.79 Å². The van der Waals surface area contributed by atoms with Crippen LogP contribution < -0.4 is 14.8 Å². The molecule has 0 saturated heterocycles. The molecule has 1 heterocycles. The highest BCUT2D eigenvalue weighted by Gasteiger charge is 2.25. The van der Waals surface area contributed by atoms with Gasteiger partial charge in [-0.05, 0) is 35.4 Å². The molecule has 26 heavy (non-hydrogen) atoms. The maximum Gasteiger partial charge on any atom is 0.251 e. The number of rotatable bonds is 6. The molecule has 0 radical (unpaired) electrons. The molecule has 2 aromatic carbocycles. The summed E-state index contributed by atoms with van der Waals surface area (Å²) in [5, 5.41) is 3.00. The summed E-state index contributed by atoms with van der Waals surface area (Å²) in [5.74, 6) is 1.80. The van der Waals surface area contributed by atoms with Gasteiger partial charge in [0.25, 0.3) is 5.91 Å². The van der Waals surface area contributed by atoms with Crippen molar-refractivity contribution < 1.29 is 18.5 Å². The Labute approximate surface area is 156 Å². The molecule has 6 heteroatoms. The Hall–Kier alpha value is -2.34. The van der Waals surface area contributed by atoms with E-state index < -0.39 is 10.8 Å².